The van der Waals surface area contributed by atoms with E-state index in [0.717, 1.165) is 6.42 Å². The van der Waals surface area contributed by atoms with Crippen molar-refractivity contribution in [1.82, 2.24) is 0 Å². The summed E-state index contributed by atoms with van der Waals surface area (Å²) in [6, 6.07) is 9.02. The Bertz CT molecular complexity index is 407. The Morgan fingerprint density at radius 3 is 2.67 bits per heavy atom. The van der Waals surface area contributed by atoms with E-state index in [1.54, 1.807) is 12.1 Å². The number of carbonyl (C=O) groups is 1. The fraction of sp³-hybridized carbons (Fsp3) is 0.500. The van der Waals surface area contributed by atoms with Crippen LogP contribution in [0.4, 0.5) is 0 Å². The number of carbonyl (C=O) groups excluding carboxylic acids is 1. The number of benzene rings is 1. The normalized spacial score (nSPS) is 31.9. The highest BCUT2D eigenvalue weighted by Crippen LogP contribution is 2.30. The van der Waals surface area contributed by atoms with Crippen molar-refractivity contribution in [3.63, 3.8) is 0 Å². The zero-order valence-electron chi connectivity index (χ0n) is 10.5. The molecule has 0 radical (unpaired) electrons. The molecule has 0 unspecified atom stereocenters. The van der Waals surface area contributed by atoms with Crippen LogP contribution in [0.5, 0.6) is 0 Å². The number of esters is 1. The Morgan fingerprint density at radius 2 is 2.00 bits per heavy atom. The minimum atomic E-state index is -0.296. The van der Waals surface area contributed by atoms with E-state index in [2.05, 4.69) is 22.9 Å². The summed E-state index contributed by atoms with van der Waals surface area (Å²) >= 11 is 3.42. The van der Waals surface area contributed by atoms with Gasteiger partial charge in [0.15, 0.2) is 0 Å². The highest BCUT2D eigenvalue weighted by atomic mass is 79.9. The first-order valence-electron chi connectivity index (χ1n) is 6.13. The number of hydrogen-bond acceptors (Lipinski definition) is 3. The molecular formula is C14H17BrO3. The summed E-state index contributed by atoms with van der Waals surface area (Å²) in [6.07, 6.45) is 0.764. The molecule has 3 nitrogen and oxygen atoms in total. The first-order chi connectivity index (χ1) is 8.58. The molecule has 0 N–H and O–H groups in total. The predicted molar refractivity (Wildman–Crippen MR) is 72.7 cm³/mol. The Balaban J connectivity index is 1.99. The molecule has 4 atom stereocenters. The molecule has 1 heterocycles. The summed E-state index contributed by atoms with van der Waals surface area (Å²) in [6.45, 7) is 4.14. The van der Waals surface area contributed by atoms with E-state index in [0.29, 0.717) is 11.5 Å². The Labute approximate surface area is 116 Å². The molecule has 0 bridgehead atoms. The van der Waals surface area contributed by atoms with Gasteiger partial charge in [-0.05, 0) is 31.4 Å². The van der Waals surface area contributed by atoms with E-state index in [1.165, 1.54) is 0 Å². The molecule has 1 saturated heterocycles. The molecule has 18 heavy (non-hydrogen) atoms. The van der Waals surface area contributed by atoms with E-state index < -0.39 is 0 Å². The lowest BCUT2D eigenvalue weighted by Gasteiger charge is -2.35. The smallest absolute Gasteiger partial charge is 0.338 e. The second kappa shape index (κ2) is 5.85. The molecule has 98 valence electrons. The van der Waals surface area contributed by atoms with Gasteiger partial charge in [-0.3, -0.25) is 0 Å². The molecule has 4 heteroatoms. The maximum Gasteiger partial charge on any atom is 0.338 e. The van der Waals surface area contributed by atoms with Crippen LogP contribution in [-0.2, 0) is 9.47 Å². The van der Waals surface area contributed by atoms with Crippen molar-refractivity contribution in [3.05, 3.63) is 35.9 Å². The minimum Gasteiger partial charge on any atom is -0.455 e. The molecule has 0 amide bonds. The van der Waals surface area contributed by atoms with Crippen LogP contribution in [0.15, 0.2) is 30.3 Å². The fourth-order valence-corrected chi connectivity index (χ4v) is 2.64. The zero-order valence-corrected chi connectivity index (χ0v) is 12.1. The third-order valence-electron chi connectivity index (χ3n) is 3.31. The number of halogens is 1. The second-order valence-electron chi connectivity index (χ2n) is 4.72. The molecule has 1 aliphatic heterocycles. The third-order valence-corrected chi connectivity index (χ3v) is 4.12. The summed E-state index contributed by atoms with van der Waals surface area (Å²) in [5.74, 6) is 0.0859. The van der Waals surface area contributed by atoms with Gasteiger partial charge in [-0.25, -0.2) is 4.79 Å². The molecule has 1 aliphatic rings. The van der Waals surface area contributed by atoms with Crippen molar-refractivity contribution >= 4 is 21.9 Å². The van der Waals surface area contributed by atoms with Crippen molar-refractivity contribution in [2.75, 3.05) is 0 Å². The van der Waals surface area contributed by atoms with Crippen molar-refractivity contribution in [2.24, 2.45) is 5.92 Å². The van der Waals surface area contributed by atoms with Crippen LogP contribution in [0.2, 0.25) is 0 Å². The summed E-state index contributed by atoms with van der Waals surface area (Å²) in [5, 5.41) is -0.226. The number of ether oxygens (including phenoxy) is 2. The van der Waals surface area contributed by atoms with Gasteiger partial charge in [0.25, 0.3) is 0 Å². The summed E-state index contributed by atoms with van der Waals surface area (Å²) in [4.78, 5) is 11.9. The summed E-state index contributed by atoms with van der Waals surface area (Å²) in [5.41, 5.74) is 0.573. The van der Waals surface area contributed by atoms with E-state index in [1.807, 2.05) is 25.1 Å². The van der Waals surface area contributed by atoms with Gasteiger partial charge in [0.2, 0.25) is 0 Å². The third kappa shape index (κ3) is 3.12. The average Bonchev–Trinajstić information content (AvgIpc) is 2.37. The van der Waals surface area contributed by atoms with E-state index in [4.69, 9.17) is 9.47 Å². The van der Waals surface area contributed by atoms with Crippen LogP contribution in [-0.4, -0.2) is 23.2 Å². The predicted octanol–water partition coefficient (Wildman–Crippen LogP) is 3.38. The lowest BCUT2D eigenvalue weighted by molar-refractivity contribution is -0.0979. The average molecular weight is 313 g/mol. The fourth-order valence-electron chi connectivity index (χ4n) is 1.97. The van der Waals surface area contributed by atoms with Gasteiger partial charge in [-0.2, -0.15) is 0 Å². The van der Waals surface area contributed by atoms with Crippen LogP contribution >= 0.6 is 15.9 Å². The van der Waals surface area contributed by atoms with E-state index in [-0.39, 0.29) is 23.2 Å². The number of hydrogen-bond donors (Lipinski definition) is 0. The molecule has 2 rings (SSSR count). The van der Waals surface area contributed by atoms with Gasteiger partial charge in [0.05, 0.1) is 11.7 Å². The first-order valence-corrected chi connectivity index (χ1v) is 7.05. The van der Waals surface area contributed by atoms with Crippen LogP contribution < -0.4 is 0 Å². The maximum atomic E-state index is 11.9. The van der Waals surface area contributed by atoms with Gasteiger partial charge in [-0.15, -0.1) is 0 Å². The molecular weight excluding hydrogens is 296 g/mol. The quantitative estimate of drug-likeness (QED) is 0.620. The summed E-state index contributed by atoms with van der Waals surface area (Å²) < 4.78 is 11.2. The minimum absolute atomic E-state index is 0.182. The van der Waals surface area contributed by atoms with Crippen molar-refractivity contribution in [3.8, 4) is 0 Å². The largest absolute Gasteiger partial charge is 0.455 e. The second-order valence-corrected chi connectivity index (χ2v) is 5.62. The van der Waals surface area contributed by atoms with Gasteiger partial charge >= 0.3 is 5.97 Å². The molecule has 1 aromatic carbocycles. The van der Waals surface area contributed by atoms with Crippen LogP contribution in [0, 0.1) is 5.92 Å². The lowest BCUT2D eigenvalue weighted by atomic mass is 9.96. The Kier molecular flexibility index (Phi) is 4.40. The summed E-state index contributed by atoms with van der Waals surface area (Å²) in [7, 11) is 0. The van der Waals surface area contributed by atoms with Gasteiger partial charge < -0.3 is 9.47 Å². The lowest BCUT2D eigenvalue weighted by Crippen LogP contribution is -2.41. The molecule has 0 saturated carbocycles. The highest BCUT2D eigenvalue weighted by Gasteiger charge is 2.34. The van der Waals surface area contributed by atoms with Crippen molar-refractivity contribution in [2.45, 2.75) is 37.5 Å². The molecule has 0 aromatic heterocycles. The number of alkyl halides is 1. The molecule has 0 aliphatic carbocycles. The highest BCUT2D eigenvalue weighted by molar-refractivity contribution is 9.09. The van der Waals surface area contributed by atoms with Gasteiger partial charge in [-0.1, -0.05) is 41.1 Å². The monoisotopic (exact) mass is 312 g/mol. The van der Waals surface area contributed by atoms with Gasteiger partial charge in [0.1, 0.15) is 11.1 Å². The number of rotatable bonds is 2. The van der Waals surface area contributed by atoms with Crippen LogP contribution in [0.25, 0.3) is 0 Å². The van der Waals surface area contributed by atoms with E-state index in [9.17, 15) is 4.79 Å². The molecule has 1 aromatic rings. The van der Waals surface area contributed by atoms with Crippen LogP contribution in [0.1, 0.15) is 30.6 Å². The molecule has 1 fully saturated rings. The van der Waals surface area contributed by atoms with Crippen molar-refractivity contribution in [1.29, 1.82) is 0 Å². The van der Waals surface area contributed by atoms with Crippen molar-refractivity contribution < 1.29 is 14.3 Å². The first kappa shape index (κ1) is 13.6. The Hall–Kier alpha value is -0.870. The standard InChI is InChI=1S/C14H17BrO3/c1-9-8-12(13(15)17-10(9)2)18-14(16)11-6-4-3-5-7-11/h3-7,9-10,12-13H,8H2,1-2H3/t9-,10-,12-,13+/m0/s1. The van der Waals surface area contributed by atoms with Gasteiger partial charge in [0, 0.05) is 0 Å². The van der Waals surface area contributed by atoms with E-state index >= 15 is 0 Å². The molecule has 0 spiro atoms. The topological polar surface area (TPSA) is 35.5 Å². The maximum absolute atomic E-state index is 11.9. The zero-order chi connectivity index (χ0) is 13.1. The SMILES string of the molecule is C[C@@H]1O[C@@H](Br)[C@@H](OC(=O)c2ccccc2)C[C@@H]1C. The van der Waals surface area contributed by atoms with Crippen LogP contribution in [0.3, 0.4) is 0 Å². The Morgan fingerprint density at radius 1 is 1.33 bits per heavy atom.